The highest BCUT2D eigenvalue weighted by Gasteiger charge is 2.19. The van der Waals surface area contributed by atoms with Gasteiger partial charge in [0.05, 0.1) is 13.2 Å². The van der Waals surface area contributed by atoms with Gasteiger partial charge in [0, 0.05) is 25.3 Å². The predicted octanol–water partition coefficient (Wildman–Crippen LogP) is 2.64. The molecule has 0 radical (unpaired) electrons. The molecule has 0 unspecified atom stereocenters. The van der Waals surface area contributed by atoms with Crippen LogP contribution in [-0.2, 0) is 4.74 Å². The van der Waals surface area contributed by atoms with Crippen LogP contribution in [0.3, 0.4) is 0 Å². The van der Waals surface area contributed by atoms with Crippen molar-refractivity contribution >= 4 is 0 Å². The highest BCUT2D eigenvalue weighted by Crippen LogP contribution is 2.27. The van der Waals surface area contributed by atoms with Gasteiger partial charge >= 0.3 is 0 Å². The van der Waals surface area contributed by atoms with Gasteiger partial charge < -0.3 is 15.0 Å². The molecule has 0 spiro atoms. The molecule has 2 heterocycles. The van der Waals surface area contributed by atoms with Crippen molar-refractivity contribution in [3.8, 4) is 0 Å². The fraction of sp³-hybridized carbons (Fsp3) is 0.529. The lowest BCUT2D eigenvalue weighted by atomic mass is 9.95. The van der Waals surface area contributed by atoms with Crippen LogP contribution in [0.5, 0.6) is 0 Å². The lowest BCUT2D eigenvalue weighted by Gasteiger charge is -2.33. The van der Waals surface area contributed by atoms with Crippen LogP contribution in [0.2, 0.25) is 0 Å². The van der Waals surface area contributed by atoms with E-state index in [9.17, 15) is 0 Å². The van der Waals surface area contributed by atoms with Crippen molar-refractivity contribution in [2.24, 2.45) is 0 Å². The first kappa shape index (κ1) is 15.1. The Hall–Kier alpha value is -1.32. The van der Waals surface area contributed by atoms with E-state index in [1.165, 1.54) is 16.8 Å². The number of allylic oxidation sites excluding steroid dienone is 4. The molecular weight excluding hydrogens is 248 g/mol. The van der Waals surface area contributed by atoms with Crippen LogP contribution in [-0.4, -0.2) is 44.3 Å². The molecule has 0 atom stereocenters. The van der Waals surface area contributed by atoms with Crippen LogP contribution in [0.15, 0.2) is 47.2 Å². The van der Waals surface area contributed by atoms with Crippen LogP contribution in [0.4, 0.5) is 0 Å². The second kappa shape index (κ2) is 7.46. The van der Waals surface area contributed by atoms with Crippen molar-refractivity contribution in [3.05, 3.63) is 47.2 Å². The summed E-state index contributed by atoms with van der Waals surface area (Å²) in [6.45, 7) is 13.8. The Balaban J connectivity index is 2.28. The molecule has 0 aromatic rings. The molecule has 0 aromatic carbocycles. The van der Waals surface area contributed by atoms with Gasteiger partial charge in [0.1, 0.15) is 0 Å². The van der Waals surface area contributed by atoms with Crippen LogP contribution in [0.25, 0.3) is 0 Å². The van der Waals surface area contributed by atoms with Gasteiger partial charge in [-0.2, -0.15) is 0 Å². The fourth-order valence-electron chi connectivity index (χ4n) is 2.74. The molecule has 3 heteroatoms. The van der Waals surface area contributed by atoms with E-state index in [4.69, 9.17) is 4.74 Å². The van der Waals surface area contributed by atoms with E-state index in [1.54, 1.807) is 0 Å². The van der Waals surface area contributed by atoms with E-state index >= 15 is 0 Å². The topological polar surface area (TPSA) is 24.5 Å². The van der Waals surface area contributed by atoms with Gasteiger partial charge in [-0.3, -0.25) is 0 Å². The van der Waals surface area contributed by atoms with Crippen LogP contribution >= 0.6 is 0 Å². The quantitative estimate of drug-likeness (QED) is 0.798. The molecule has 2 rings (SSSR count). The maximum Gasteiger partial charge on any atom is 0.0642 e. The standard InChI is InChI=1S/C17H26N2O/c1-4-16(15-5-7-18-8-6-15)17(13-14(2)3)19-9-11-20-12-10-19/h4-5,13,18H,2,6-12H2,1,3H3/b16-4-,17-13+. The maximum absolute atomic E-state index is 5.48. The second-order valence-electron chi connectivity index (χ2n) is 5.36. The fourth-order valence-corrected chi connectivity index (χ4v) is 2.74. The summed E-state index contributed by atoms with van der Waals surface area (Å²) >= 11 is 0. The maximum atomic E-state index is 5.48. The molecule has 0 amide bonds. The van der Waals surface area contributed by atoms with Crippen molar-refractivity contribution < 1.29 is 4.74 Å². The summed E-state index contributed by atoms with van der Waals surface area (Å²) in [5.41, 5.74) is 5.21. The van der Waals surface area contributed by atoms with Gasteiger partial charge in [0.2, 0.25) is 0 Å². The predicted molar refractivity (Wildman–Crippen MR) is 84.6 cm³/mol. The summed E-state index contributed by atoms with van der Waals surface area (Å²) in [4.78, 5) is 2.43. The van der Waals surface area contributed by atoms with E-state index in [2.05, 4.69) is 48.9 Å². The van der Waals surface area contributed by atoms with Gasteiger partial charge in [0.15, 0.2) is 0 Å². The Kier molecular flexibility index (Phi) is 5.62. The number of nitrogens with one attached hydrogen (secondary N) is 1. The minimum atomic E-state index is 0.811. The highest BCUT2D eigenvalue weighted by atomic mass is 16.5. The Labute approximate surface area is 122 Å². The summed E-state index contributed by atoms with van der Waals surface area (Å²) < 4.78 is 5.48. The molecular formula is C17H26N2O. The van der Waals surface area contributed by atoms with E-state index in [0.717, 1.165) is 51.4 Å². The van der Waals surface area contributed by atoms with Crippen LogP contribution in [0, 0.1) is 0 Å². The first-order valence-electron chi connectivity index (χ1n) is 7.49. The Morgan fingerprint density at radius 3 is 2.70 bits per heavy atom. The average molecular weight is 274 g/mol. The monoisotopic (exact) mass is 274 g/mol. The number of hydrogen-bond acceptors (Lipinski definition) is 3. The minimum absolute atomic E-state index is 0.811. The van der Waals surface area contributed by atoms with Crippen LogP contribution in [0.1, 0.15) is 20.3 Å². The van der Waals surface area contributed by atoms with E-state index in [-0.39, 0.29) is 0 Å². The van der Waals surface area contributed by atoms with Gasteiger partial charge in [0.25, 0.3) is 0 Å². The first-order chi connectivity index (χ1) is 9.72. The van der Waals surface area contributed by atoms with Crippen molar-refractivity contribution in [3.63, 3.8) is 0 Å². The molecule has 1 fully saturated rings. The molecule has 0 saturated carbocycles. The number of nitrogens with zero attached hydrogens (tertiary/aromatic N) is 1. The lowest BCUT2D eigenvalue weighted by molar-refractivity contribution is 0.0548. The zero-order valence-corrected chi connectivity index (χ0v) is 12.7. The Morgan fingerprint density at radius 2 is 2.15 bits per heavy atom. The average Bonchev–Trinajstić information content (AvgIpc) is 2.49. The SMILES string of the molecule is C=C(C)/C=C(\C(=C/C)C1=CCNCC1)N1CCOCC1. The number of ether oxygens (including phenoxy) is 1. The summed E-state index contributed by atoms with van der Waals surface area (Å²) in [5, 5.41) is 3.38. The zero-order chi connectivity index (χ0) is 14.4. The zero-order valence-electron chi connectivity index (χ0n) is 12.7. The Morgan fingerprint density at radius 1 is 1.40 bits per heavy atom. The van der Waals surface area contributed by atoms with Gasteiger partial charge in [-0.15, -0.1) is 0 Å². The summed E-state index contributed by atoms with van der Waals surface area (Å²) in [7, 11) is 0. The molecule has 20 heavy (non-hydrogen) atoms. The highest BCUT2D eigenvalue weighted by molar-refractivity contribution is 5.48. The third-order valence-corrected chi connectivity index (χ3v) is 3.71. The summed E-state index contributed by atoms with van der Waals surface area (Å²) in [5.74, 6) is 0. The van der Waals surface area contributed by atoms with E-state index < -0.39 is 0 Å². The second-order valence-corrected chi connectivity index (χ2v) is 5.36. The largest absolute Gasteiger partial charge is 0.378 e. The number of rotatable bonds is 4. The summed E-state index contributed by atoms with van der Waals surface area (Å²) in [6.07, 6.45) is 7.86. The molecule has 3 nitrogen and oxygen atoms in total. The molecule has 110 valence electrons. The van der Waals surface area contributed by atoms with Crippen molar-refractivity contribution in [2.75, 3.05) is 39.4 Å². The summed E-state index contributed by atoms with van der Waals surface area (Å²) in [6, 6.07) is 0. The molecule has 0 aliphatic carbocycles. The minimum Gasteiger partial charge on any atom is -0.378 e. The van der Waals surface area contributed by atoms with Crippen molar-refractivity contribution in [2.45, 2.75) is 20.3 Å². The van der Waals surface area contributed by atoms with E-state index in [1.807, 2.05) is 0 Å². The van der Waals surface area contributed by atoms with Gasteiger partial charge in [-0.05, 0) is 44.0 Å². The molecule has 0 bridgehead atoms. The smallest absolute Gasteiger partial charge is 0.0642 e. The number of morpholine rings is 1. The van der Waals surface area contributed by atoms with Crippen LogP contribution < -0.4 is 5.32 Å². The third-order valence-electron chi connectivity index (χ3n) is 3.71. The molecule has 1 N–H and O–H groups in total. The Bertz CT molecular complexity index is 440. The number of hydrogen-bond donors (Lipinski definition) is 1. The normalized spacial score (nSPS) is 21.7. The van der Waals surface area contributed by atoms with Crippen molar-refractivity contribution in [1.82, 2.24) is 10.2 Å². The molecule has 0 aromatic heterocycles. The molecule has 2 aliphatic heterocycles. The van der Waals surface area contributed by atoms with E-state index in [0.29, 0.717) is 0 Å². The molecule has 1 saturated heterocycles. The first-order valence-corrected chi connectivity index (χ1v) is 7.49. The third kappa shape index (κ3) is 3.84. The van der Waals surface area contributed by atoms with Gasteiger partial charge in [-0.1, -0.05) is 24.3 Å². The van der Waals surface area contributed by atoms with Crippen molar-refractivity contribution in [1.29, 1.82) is 0 Å². The van der Waals surface area contributed by atoms with Gasteiger partial charge in [-0.25, -0.2) is 0 Å². The molecule has 2 aliphatic rings. The lowest BCUT2D eigenvalue weighted by Crippen LogP contribution is -2.36.